The monoisotopic (exact) mass is 498 g/mol. The molecule has 7 heteroatoms. The fourth-order valence-corrected chi connectivity index (χ4v) is 3.85. The number of ether oxygens (including phenoxy) is 3. The molecular weight excluding hydrogens is 484 g/mol. The van der Waals surface area contributed by atoms with E-state index in [1.807, 2.05) is 12.1 Å². The first-order valence-corrected chi connectivity index (χ1v) is 10.4. The summed E-state index contributed by atoms with van der Waals surface area (Å²) in [4.78, 5) is 25.4. The Bertz CT molecular complexity index is 1250. The zero-order valence-corrected chi connectivity index (χ0v) is 18.9. The number of Topliss-reactive ketones (excluding diaryl/α,β-unsaturated/α-hetero) is 1. The molecule has 3 aromatic rings. The molecule has 4 rings (SSSR count). The third-order valence-corrected chi connectivity index (χ3v) is 5.42. The molecule has 1 aliphatic rings. The number of hydrogen-bond acceptors (Lipinski definition) is 5. The minimum absolute atomic E-state index is 0.160. The smallest absolute Gasteiger partial charge is 0.343 e. The highest BCUT2D eigenvalue weighted by atomic mass is 79.9. The Morgan fingerprint density at radius 3 is 2.68 bits per heavy atom. The molecule has 1 heterocycles. The zero-order chi connectivity index (χ0) is 22.1. The summed E-state index contributed by atoms with van der Waals surface area (Å²) in [6.45, 7) is 1.76. The molecule has 0 N–H and O–H groups in total. The number of fused-ring (bicyclic) bond motifs is 1. The maximum absolute atomic E-state index is 12.9. The largest absolute Gasteiger partial charge is 0.496 e. The molecule has 0 amide bonds. The van der Waals surface area contributed by atoms with E-state index in [0.717, 1.165) is 4.47 Å². The molecular formula is C24H16BrClO5. The van der Waals surface area contributed by atoms with Gasteiger partial charge in [0.2, 0.25) is 5.78 Å². The molecule has 0 radical (unpaired) electrons. The van der Waals surface area contributed by atoms with Crippen LogP contribution in [0.25, 0.3) is 6.08 Å². The highest BCUT2D eigenvalue weighted by Crippen LogP contribution is 2.38. The van der Waals surface area contributed by atoms with Crippen LogP contribution in [0.3, 0.4) is 0 Å². The van der Waals surface area contributed by atoms with Crippen LogP contribution in [0.5, 0.6) is 17.2 Å². The van der Waals surface area contributed by atoms with Crippen molar-refractivity contribution in [2.45, 2.75) is 6.92 Å². The predicted molar refractivity (Wildman–Crippen MR) is 121 cm³/mol. The third-order valence-electron chi connectivity index (χ3n) is 4.69. The lowest BCUT2D eigenvalue weighted by Gasteiger charge is -2.08. The van der Waals surface area contributed by atoms with Crippen LogP contribution in [-0.4, -0.2) is 18.9 Å². The molecule has 0 saturated heterocycles. The van der Waals surface area contributed by atoms with E-state index >= 15 is 0 Å². The van der Waals surface area contributed by atoms with Gasteiger partial charge < -0.3 is 14.2 Å². The van der Waals surface area contributed by atoms with E-state index < -0.39 is 5.97 Å². The van der Waals surface area contributed by atoms with E-state index in [-0.39, 0.29) is 17.3 Å². The second-order valence-corrected chi connectivity index (χ2v) is 8.19. The topological polar surface area (TPSA) is 61.8 Å². The van der Waals surface area contributed by atoms with E-state index in [4.69, 9.17) is 25.8 Å². The van der Waals surface area contributed by atoms with Crippen LogP contribution in [0, 0.1) is 6.92 Å². The number of aryl methyl sites for hydroxylation is 1. The Morgan fingerprint density at radius 2 is 1.94 bits per heavy atom. The van der Waals surface area contributed by atoms with Crippen molar-refractivity contribution in [3.8, 4) is 17.2 Å². The van der Waals surface area contributed by atoms with E-state index in [0.29, 0.717) is 38.8 Å². The van der Waals surface area contributed by atoms with E-state index in [1.54, 1.807) is 50.4 Å². The van der Waals surface area contributed by atoms with Gasteiger partial charge in [-0.15, -0.1) is 0 Å². The van der Waals surface area contributed by atoms with Crippen LogP contribution in [0.2, 0.25) is 5.02 Å². The van der Waals surface area contributed by atoms with Gasteiger partial charge in [-0.05, 0) is 61.0 Å². The molecule has 0 bridgehead atoms. The lowest BCUT2D eigenvalue weighted by molar-refractivity contribution is 0.0734. The van der Waals surface area contributed by atoms with Crippen molar-refractivity contribution < 1.29 is 23.8 Å². The second kappa shape index (κ2) is 8.57. The summed E-state index contributed by atoms with van der Waals surface area (Å²) >= 11 is 9.36. The molecule has 31 heavy (non-hydrogen) atoms. The number of carbonyl (C=O) groups is 2. The molecule has 0 aliphatic carbocycles. The number of benzene rings is 3. The maximum Gasteiger partial charge on any atom is 0.343 e. The Hall–Kier alpha value is -3.09. The number of rotatable bonds is 4. The number of ketones is 1. The molecule has 5 nitrogen and oxygen atoms in total. The van der Waals surface area contributed by atoms with Gasteiger partial charge in [0.05, 0.1) is 18.2 Å². The SMILES string of the molecule is COc1ccc(Br)cc1/C=C1\Oc2cc(OC(=O)c3cccc(Cl)c3)cc(C)c2C1=O. The van der Waals surface area contributed by atoms with E-state index in [1.165, 1.54) is 12.1 Å². The quantitative estimate of drug-likeness (QED) is 0.241. The van der Waals surface area contributed by atoms with Crippen molar-refractivity contribution in [3.63, 3.8) is 0 Å². The van der Waals surface area contributed by atoms with Crippen LogP contribution in [0.4, 0.5) is 0 Å². The minimum atomic E-state index is -0.555. The highest BCUT2D eigenvalue weighted by Gasteiger charge is 2.30. The van der Waals surface area contributed by atoms with Crippen molar-refractivity contribution in [1.29, 1.82) is 0 Å². The van der Waals surface area contributed by atoms with Crippen LogP contribution in [0.15, 0.2) is 64.8 Å². The molecule has 0 fully saturated rings. The average Bonchev–Trinajstić information content (AvgIpc) is 3.03. The van der Waals surface area contributed by atoms with Gasteiger partial charge in [-0.3, -0.25) is 4.79 Å². The van der Waals surface area contributed by atoms with E-state index in [9.17, 15) is 9.59 Å². The fraction of sp³-hybridized carbons (Fsp3) is 0.0833. The number of esters is 1. The normalized spacial score (nSPS) is 13.7. The van der Waals surface area contributed by atoms with Gasteiger partial charge in [0.25, 0.3) is 0 Å². The Balaban J connectivity index is 1.64. The van der Waals surface area contributed by atoms with Crippen LogP contribution >= 0.6 is 27.5 Å². The Morgan fingerprint density at radius 1 is 1.13 bits per heavy atom. The average molecular weight is 500 g/mol. The molecule has 0 unspecified atom stereocenters. The summed E-state index contributed by atoms with van der Waals surface area (Å²) in [5.41, 5.74) is 2.09. The second-order valence-electron chi connectivity index (χ2n) is 6.84. The predicted octanol–water partition coefficient (Wildman–Crippen LogP) is 6.25. The summed E-state index contributed by atoms with van der Waals surface area (Å²) in [6.07, 6.45) is 1.63. The molecule has 1 aliphatic heterocycles. The van der Waals surface area contributed by atoms with Gasteiger partial charge in [0.1, 0.15) is 17.2 Å². The molecule has 156 valence electrons. The number of methoxy groups -OCH3 is 1. The van der Waals surface area contributed by atoms with Crippen molar-refractivity contribution >= 4 is 45.4 Å². The lowest BCUT2D eigenvalue weighted by atomic mass is 10.0. The fourth-order valence-electron chi connectivity index (χ4n) is 3.28. The zero-order valence-electron chi connectivity index (χ0n) is 16.6. The van der Waals surface area contributed by atoms with E-state index in [2.05, 4.69) is 15.9 Å². The first-order chi connectivity index (χ1) is 14.9. The Labute approximate surface area is 192 Å². The third kappa shape index (κ3) is 4.36. The summed E-state index contributed by atoms with van der Waals surface area (Å²) in [7, 11) is 1.56. The standard InChI is InChI=1S/C24H16BrClO5/c1-13-8-18(30-24(28)14-4-3-5-17(26)10-14)12-20-22(13)23(27)21(31-20)11-15-9-16(25)6-7-19(15)29-2/h3-12H,1-2H3/b21-11-. The van der Waals surface area contributed by atoms with Gasteiger partial charge in [-0.1, -0.05) is 33.6 Å². The number of hydrogen-bond donors (Lipinski definition) is 0. The van der Waals surface area contributed by atoms with Gasteiger partial charge in [0, 0.05) is 21.1 Å². The lowest BCUT2D eigenvalue weighted by Crippen LogP contribution is -2.08. The molecule has 0 spiro atoms. The maximum atomic E-state index is 12.9. The molecule has 3 aromatic carbocycles. The van der Waals surface area contributed by atoms with Crippen molar-refractivity contribution in [1.82, 2.24) is 0 Å². The molecule has 0 aromatic heterocycles. The van der Waals surface area contributed by atoms with Gasteiger partial charge in [-0.2, -0.15) is 0 Å². The molecule has 0 atom stereocenters. The number of allylic oxidation sites excluding steroid dienone is 1. The summed E-state index contributed by atoms with van der Waals surface area (Å²) in [5, 5.41) is 0.436. The van der Waals surface area contributed by atoms with Crippen LogP contribution < -0.4 is 14.2 Å². The first-order valence-electron chi connectivity index (χ1n) is 9.26. The van der Waals surface area contributed by atoms with Crippen molar-refractivity contribution in [3.05, 3.63) is 92.1 Å². The summed E-state index contributed by atoms with van der Waals surface area (Å²) < 4.78 is 17.5. The Kier molecular flexibility index (Phi) is 5.85. The van der Waals surface area contributed by atoms with Crippen molar-refractivity contribution in [2.24, 2.45) is 0 Å². The summed E-state index contributed by atoms with van der Waals surface area (Å²) in [5.74, 6) is 0.571. The van der Waals surface area contributed by atoms with Gasteiger partial charge in [-0.25, -0.2) is 4.79 Å². The van der Waals surface area contributed by atoms with Gasteiger partial charge >= 0.3 is 5.97 Å². The summed E-state index contributed by atoms with van der Waals surface area (Å²) in [6, 6.07) is 15.1. The van der Waals surface area contributed by atoms with Crippen LogP contribution in [0.1, 0.15) is 31.8 Å². The minimum Gasteiger partial charge on any atom is -0.496 e. The highest BCUT2D eigenvalue weighted by molar-refractivity contribution is 9.10. The molecule has 0 saturated carbocycles. The van der Waals surface area contributed by atoms with Gasteiger partial charge in [0.15, 0.2) is 5.76 Å². The number of halogens is 2. The first kappa shape index (κ1) is 21.2. The number of carbonyl (C=O) groups excluding carboxylic acids is 2. The van der Waals surface area contributed by atoms with Crippen LogP contribution in [-0.2, 0) is 0 Å². The van der Waals surface area contributed by atoms with Crippen molar-refractivity contribution in [2.75, 3.05) is 7.11 Å².